The Morgan fingerprint density at radius 2 is 1.55 bits per heavy atom. The molecule has 3 amide bonds. The van der Waals surface area contributed by atoms with Crippen molar-refractivity contribution in [1.29, 1.82) is 0 Å². The van der Waals surface area contributed by atoms with Crippen molar-refractivity contribution in [3.05, 3.63) is 48.5 Å². The van der Waals surface area contributed by atoms with Gasteiger partial charge in [0.2, 0.25) is 5.91 Å². The largest absolute Gasteiger partial charge is 0.486 e. The molecule has 0 spiro atoms. The minimum atomic E-state index is -0.145. The average molecular weight is 422 g/mol. The summed E-state index contributed by atoms with van der Waals surface area (Å²) >= 11 is 0. The SMILES string of the molecule is O=C(CN1CCN(c2ccc3c(c2)OCCO3)C1=O)N1CCN(c2ccccc2)CC1. The van der Waals surface area contributed by atoms with Crippen molar-refractivity contribution in [2.24, 2.45) is 0 Å². The molecule has 3 aliphatic rings. The summed E-state index contributed by atoms with van der Waals surface area (Å²) in [6, 6.07) is 15.6. The first kappa shape index (κ1) is 19.5. The number of para-hydroxylation sites is 1. The van der Waals surface area contributed by atoms with Crippen LogP contribution in [0.2, 0.25) is 0 Å². The van der Waals surface area contributed by atoms with Crippen LogP contribution in [0, 0.1) is 0 Å². The van der Waals surface area contributed by atoms with Crippen molar-refractivity contribution < 1.29 is 19.1 Å². The van der Waals surface area contributed by atoms with Crippen molar-refractivity contribution in [3.63, 3.8) is 0 Å². The molecule has 3 aliphatic heterocycles. The number of hydrogen-bond acceptors (Lipinski definition) is 5. The maximum Gasteiger partial charge on any atom is 0.325 e. The highest BCUT2D eigenvalue weighted by Gasteiger charge is 2.33. The molecular weight excluding hydrogens is 396 g/mol. The number of urea groups is 1. The molecule has 0 unspecified atom stereocenters. The zero-order valence-electron chi connectivity index (χ0n) is 17.4. The number of piperazine rings is 1. The van der Waals surface area contributed by atoms with E-state index >= 15 is 0 Å². The third-order valence-corrected chi connectivity index (χ3v) is 6.01. The van der Waals surface area contributed by atoms with Gasteiger partial charge in [-0.1, -0.05) is 18.2 Å². The number of amides is 3. The number of carbonyl (C=O) groups is 2. The number of benzene rings is 2. The Balaban J connectivity index is 1.17. The third-order valence-electron chi connectivity index (χ3n) is 6.01. The first-order chi connectivity index (χ1) is 15.2. The topological polar surface area (TPSA) is 65.6 Å². The summed E-state index contributed by atoms with van der Waals surface area (Å²) in [6.45, 7) is 5.16. The summed E-state index contributed by atoms with van der Waals surface area (Å²) in [5.74, 6) is 1.36. The van der Waals surface area contributed by atoms with Crippen LogP contribution < -0.4 is 19.3 Å². The summed E-state index contributed by atoms with van der Waals surface area (Å²) in [6.07, 6.45) is 0. The Labute approximate surface area is 181 Å². The van der Waals surface area contributed by atoms with E-state index in [-0.39, 0.29) is 18.5 Å². The van der Waals surface area contributed by atoms with Gasteiger partial charge in [0, 0.05) is 56.7 Å². The van der Waals surface area contributed by atoms with Gasteiger partial charge in [-0.25, -0.2) is 4.79 Å². The minimum Gasteiger partial charge on any atom is -0.486 e. The predicted octanol–water partition coefficient (Wildman–Crippen LogP) is 2.05. The number of hydrogen-bond donors (Lipinski definition) is 0. The zero-order chi connectivity index (χ0) is 21.2. The van der Waals surface area contributed by atoms with Crippen LogP contribution >= 0.6 is 0 Å². The number of ether oxygens (including phenoxy) is 2. The van der Waals surface area contributed by atoms with E-state index in [1.807, 2.05) is 41.3 Å². The monoisotopic (exact) mass is 422 g/mol. The number of carbonyl (C=O) groups excluding carboxylic acids is 2. The Bertz CT molecular complexity index is 959. The van der Waals surface area contributed by atoms with Gasteiger partial charge >= 0.3 is 6.03 Å². The lowest BCUT2D eigenvalue weighted by molar-refractivity contribution is -0.131. The van der Waals surface area contributed by atoms with E-state index in [1.54, 1.807) is 9.80 Å². The smallest absolute Gasteiger partial charge is 0.325 e. The summed E-state index contributed by atoms with van der Waals surface area (Å²) in [5, 5.41) is 0. The number of nitrogens with zero attached hydrogens (tertiary/aromatic N) is 4. The van der Waals surface area contributed by atoms with E-state index in [4.69, 9.17) is 9.47 Å². The Hall–Kier alpha value is -3.42. The number of rotatable bonds is 4. The fraction of sp³-hybridized carbons (Fsp3) is 0.391. The van der Waals surface area contributed by atoms with E-state index in [0.717, 1.165) is 18.8 Å². The molecule has 0 atom stereocenters. The fourth-order valence-electron chi connectivity index (χ4n) is 4.29. The molecule has 8 heteroatoms. The molecule has 0 N–H and O–H groups in total. The zero-order valence-corrected chi connectivity index (χ0v) is 17.4. The van der Waals surface area contributed by atoms with Gasteiger partial charge in [-0.3, -0.25) is 9.69 Å². The van der Waals surface area contributed by atoms with Crippen LogP contribution in [0.1, 0.15) is 0 Å². The summed E-state index contributed by atoms with van der Waals surface area (Å²) in [5.41, 5.74) is 1.94. The second-order valence-corrected chi connectivity index (χ2v) is 7.89. The van der Waals surface area contributed by atoms with Crippen molar-refractivity contribution in [2.75, 3.05) is 68.8 Å². The first-order valence-corrected chi connectivity index (χ1v) is 10.7. The van der Waals surface area contributed by atoms with E-state index < -0.39 is 0 Å². The highest BCUT2D eigenvalue weighted by atomic mass is 16.6. The standard InChI is InChI=1S/C23H26N4O4/c28-22(25-10-8-24(9-11-25)18-4-2-1-3-5-18)17-26-12-13-27(23(26)29)19-6-7-20-21(16-19)31-15-14-30-20/h1-7,16H,8-15,17H2. The molecule has 2 aromatic carbocycles. The number of anilines is 2. The lowest BCUT2D eigenvalue weighted by Crippen LogP contribution is -2.51. The number of fused-ring (bicyclic) bond motifs is 1. The molecule has 2 aromatic rings. The molecule has 0 radical (unpaired) electrons. The van der Waals surface area contributed by atoms with Crippen molar-refractivity contribution in [2.45, 2.75) is 0 Å². The molecule has 0 aromatic heterocycles. The maximum absolute atomic E-state index is 12.9. The Morgan fingerprint density at radius 1 is 0.806 bits per heavy atom. The Morgan fingerprint density at radius 3 is 2.32 bits per heavy atom. The molecule has 0 saturated carbocycles. The summed E-state index contributed by atoms with van der Waals surface area (Å²) in [7, 11) is 0. The maximum atomic E-state index is 12.9. The van der Waals surface area contributed by atoms with Gasteiger partial charge in [0.1, 0.15) is 19.8 Å². The van der Waals surface area contributed by atoms with Crippen LogP contribution in [0.4, 0.5) is 16.2 Å². The van der Waals surface area contributed by atoms with E-state index in [9.17, 15) is 9.59 Å². The fourth-order valence-corrected chi connectivity index (χ4v) is 4.29. The van der Waals surface area contributed by atoms with Crippen LogP contribution in [0.15, 0.2) is 48.5 Å². The van der Waals surface area contributed by atoms with Gasteiger partial charge in [0.25, 0.3) is 0 Å². The van der Waals surface area contributed by atoms with Crippen LogP contribution in [0.5, 0.6) is 11.5 Å². The van der Waals surface area contributed by atoms with Crippen LogP contribution in [-0.4, -0.2) is 80.8 Å². The van der Waals surface area contributed by atoms with Gasteiger partial charge < -0.3 is 24.2 Å². The quantitative estimate of drug-likeness (QED) is 0.755. The van der Waals surface area contributed by atoms with Crippen LogP contribution in [-0.2, 0) is 4.79 Å². The highest BCUT2D eigenvalue weighted by Crippen LogP contribution is 2.35. The van der Waals surface area contributed by atoms with Crippen molar-refractivity contribution >= 4 is 23.3 Å². The molecule has 2 saturated heterocycles. The van der Waals surface area contributed by atoms with Crippen LogP contribution in [0.3, 0.4) is 0 Å². The van der Waals surface area contributed by atoms with E-state index in [2.05, 4.69) is 17.0 Å². The molecular formula is C23H26N4O4. The average Bonchev–Trinajstić information content (AvgIpc) is 3.19. The van der Waals surface area contributed by atoms with Gasteiger partial charge in [-0.05, 0) is 24.3 Å². The van der Waals surface area contributed by atoms with Gasteiger partial charge in [0.15, 0.2) is 11.5 Å². The van der Waals surface area contributed by atoms with Crippen molar-refractivity contribution in [1.82, 2.24) is 9.80 Å². The highest BCUT2D eigenvalue weighted by molar-refractivity contribution is 5.96. The molecule has 3 heterocycles. The second kappa shape index (κ2) is 8.37. The molecule has 5 rings (SSSR count). The molecule has 0 bridgehead atoms. The van der Waals surface area contributed by atoms with Gasteiger partial charge in [-0.2, -0.15) is 0 Å². The third kappa shape index (κ3) is 3.97. The lowest BCUT2D eigenvalue weighted by Gasteiger charge is -2.36. The molecule has 162 valence electrons. The molecule has 2 fully saturated rings. The van der Waals surface area contributed by atoms with Crippen LogP contribution in [0.25, 0.3) is 0 Å². The van der Waals surface area contributed by atoms with Gasteiger partial charge in [0.05, 0.1) is 0 Å². The second-order valence-electron chi connectivity index (χ2n) is 7.89. The predicted molar refractivity (Wildman–Crippen MR) is 117 cm³/mol. The Kier molecular flexibility index (Phi) is 5.28. The molecule has 31 heavy (non-hydrogen) atoms. The first-order valence-electron chi connectivity index (χ1n) is 10.7. The molecule has 8 nitrogen and oxygen atoms in total. The van der Waals surface area contributed by atoms with Crippen molar-refractivity contribution in [3.8, 4) is 11.5 Å². The van der Waals surface area contributed by atoms with Gasteiger partial charge in [-0.15, -0.1) is 0 Å². The summed E-state index contributed by atoms with van der Waals surface area (Å²) in [4.78, 5) is 33.2. The normalized spacial score (nSPS) is 18.5. The van der Waals surface area contributed by atoms with E-state index in [1.165, 1.54) is 5.69 Å². The summed E-state index contributed by atoms with van der Waals surface area (Å²) < 4.78 is 11.2. The minimum absolute atomic E-state index is 0.00471. The lowest BCUT2D eigenvalue weighted by atomic mass is 10.2. The van der Waals surface area contributed by atoms with E-state index in [0.29, 0.717) is 50.9 Å². The molecule has 0 aliphatic carbocycles.